The van der Waals surface area contributed by atoms with E-state index in [1.54, 1.807) is 37.0 Å². The fourth-order valence-electron chi connectivity index (χ4n) is 5.78. The molecule has 0 spiro atoms. The van der Waals surface area contributed by atoms with Gasteiger partial charge in [-0.2, -0.15) is 0 Å². The Morgan fingerprint density at radius 1 is 0.791 bits per heavy atom. The predicted molar refractivity (Wildman–Crippen MR) is 161 cm³/mol. The summed E-state index contributed by atoms with van der Waals surface area (Å²) in [6.45, 7) is 4.24. The second kappa shape index (κ2) is 12.4. The van der Waals surface area contributed by atoms with Gasteiger partial charge in [-0.25, -0.2) is 4.98 Å². The normalized spacial score (nSPS) is 15.3. The fourth-order valence-corrected chi connectivity index (χ4v) is 5.78. The van der Waals surface area contributed by atoms with E-state index < -0.39 is 0 Å². The molecule has 3 aromatic carbocycles. The minimum Gasteiger partial charge on any atom is -0.493 e. The SMILES string of the molecule is COc1ccc(CCn2c(CCN3C(=O)c4ccc(CN5CCOCC5)cc4C3=O)nc3ccccc3c2=O)cc1OC. The van der Waals surface area contributed by atoms with Crippen molar-refractivity contribution in [3.8, 4) is 11.5 Å². The summed E-state index contributed by atoms with van der Waals surface area (Å²) in [5.41, 5.74) is 3.22. The van der Waals surface area contributed by atoms with Crippen LogP contribution in [-0.4, -0.2) is 78.2 Å². The van der Waals surface area contributed by atoms with Crippen molar-refractivity contribution in [1.82, 2.24) is 19.4 Å². The molecule has 1 saturated heterocycles. The highest BCUT2D eigenvalue weighted by Crippen LogP contribution is 2.28. The molecule has 10 heteroatoms. The highest BCUT2D eigenvalue weighted by atomic mass is 16.5. The third kappa shape index (κ3) is 5.76. The first-order valence-electron chi connectivity index (χ1n) is 14.5. The first-order chi connectivity index (χ1) is 21.0. The second-order valence-electron chi connectivity index (χ2n) is 10.7. The van der Waals surface area contributed by atoms with Gasteiger partial charge in [0.15, 0.2) is 11.5 Å². The molecule has 2 aliphatic rings. The minimum absolute atomic E-state index is 0.117. The lowest BCUT2D eigenvalue weighted by molar-refractivity contribution is 0.0341. The van der Waals surface area contributed by atoms with E-state index >= 15 is 0 Å². The van der Waals surface area contributed by atoms with Crippen LogP contribution in [0.2, 0.25) is 0 Å². The monoisotopic (exact) mass is 582 g/mol. The van der Waals surface area contributed by atoms with Crippen LogP contribution in [0.3, 0.4) is 0 Å². The molecule has 222 valence electrons. The number of ether oxygens (including phenoxy) is 3. The van der Waals surface area contributed by atoms with Gasteiger partial charge in [0.25, 0.3) is 17.4 Å². The summed E-state index contributed by atoms with van der Waals surface area (Å²) >= 11 is 0. The van der Waals surface area contributed by atoms with E-state index in [0.29, 0.717) is 72.1 Å². The number of benzene rings is 3. The molecule has 2 aliphatic heterocycles. The van der Waals surface area contributed by atoms with Gasteiger partial charge in [-0.3, -0.25) is 28.8 Å². The Kier molecular flexibility index (Phi) is 8.22. The van der Waals surface area contributed by atoms with Gasteiger partial charge in [0.2, 0.25) is 0 Å². The summed E-state index contributed by atoms with van der Waals surface area (Å²) in [7, 11) is 3.17. The largest absolute Gasteiger partial charge is 0.493 e. The molecule has 6 rings (SSSR count). The number of rotatable bonds is 10. The van der Waals surface area contributed by atoms with Crippen molar-refractivity contribution in [2.24, 2.45) is 0 Å². The summed E-state index contributed by atoms with van der Waals surface area (Å²) in [5, 5.41) is 0.520. The molecule has 0 N–H and O–H groups in total. The molecular weight excluding hydrogens is 548 g/mol. The zero-order valence-corrected chi connectivity index (χ0v) is 24.4. The van der Waals surface area contributed by atoms with Crippen LogP contribution in [0.4, 0.5) is 0 Å². The van der Waals surface area contributed by atoms with Crippen molar-refractivity contribution in [2.75, 3.05) is 47.1 Å². The Labute approximate surface area is 249 Å². The van der Waals surface area contributed by atoms with Gasteiger partial charge < -0.3 is 14.2 Å². The average molecular weight is 583 g/mol. The number of hydrogen-bond acceptors (Lipinski definition) is 8. The number of aryl methyl sites for hydroxylation is 1. The molecule has 0 saturated carbocycles. The van der Waals surface area contributed by atoms with Crippen molar-refractivity contribution < 1.29 is 23.8 Å². The Morgan fingerprint density at radius 2 is 1.53 bits per heavy atom. The molecule has 0 aliphatic carbocycles. The summed E-state index contributed by atoms with van der Waals surface area (Å²) in [5.74, 6) is 1.13. The lowest BCUT2D eigenvalue weighted by Gasteiger charge is -2.26. The molecule has 2 amide bonds. The quantitative estimate of drug-likeness (QED) is 0.263. The number of hydrogen-bond donors (Lipinski definition) is 0. The summed E-state index contributed by atoms with van der Waals surface area (Å²) in [6.07, 6.45) is 0.796. The van der Waals surface area contributed by atoms with Crippen molar-refractivity contribution in [2.45, 2.75) is 25.9 Å². The van der Waals surface area contributed by atoms with Crippen LogP contribution in [0.1, 0.15) is 37.7 Å². The highest BCUT2D eigenvalue weighted by molar-refractivity contribution is 6.21. The minimum atomic E-state index is -0.321. The van der Waals surface area contributed by atoms with Crippen LogP contribution in [0, 0.1) is 0 Å². The molecule has 43 heavy (non-hydrogen) atoms. The molecule has 1 aromatic heterocycles. The Bertz CT molecular complexity index is 1740. The first-order valence-corrected chi connectivity index (χ1v) is 14.5. The number of imide groups is 1. The Balaban J connectivity index is 1.22. The molecule has 3 heterocycles. The summed E-state index contributed by atoms with van der Waals surface area (Å²) in [6, 6.07) is 18.4. The third-order valence-corrected chi connectivity index (χ3v) is 8.12. The van der Waals surface area contributed by atoms with Crippen LogP contribution in [-0.2, 0) is 30.7 Å². The number of aromatic nitrogens is 2. The van der Waals surface area contributed by atoms with E-state index in [0.717, 1.165) is 24.2 Å². The van der Waals surface area contributed by atoms with E-state index in [1.807, 2.05) is 42.5 Å². The molecule has 0 atom stereocenters. The summed E-state index contributed by atoms with van der Waals surface area (Å²) in [4.78, 5) is 48.7. The van der Waals surface area contributed by atoms with Crippen LogP contribution in [0.5, 0.6) is 11.5 Å². The maximum atomic E-state index is 13.6. The number of morpholine rings is 1. The van der Waals surface area contributed by atoms with E-state index in [-0.39, 0.29) is 30.3 Å². The molecule has 4 aromatic rings. The van der Waals surface area contributed by atoms with Gasteiger partial charge in [-0.15, -0.1) is 0 Å². The fraction of sp³-hybridized carbons (Fsp3) is 0.333. The molecule has 0 radical (unpaired) electrons. The van der Waals surface area contributed by atoms with E-state index in [4.69, 9.17) is 19.2 Å². The first kappa shape index (κ1) is 28.6. The number of fused-ring (bicyclic) bond motifs is 2. The van der Waals surface area contributed by atoms with Crippen molar-refractivity contribution in [3.05, 3.63) is 99.1 Å². The highest BCUT2D eigenvalue weighted by Gasteiger charge is 2.35. The van der Waals surface area contributed by atoms with Gasteiger partial charge in [0.1, 0.15) is 5.82 Å². The maximum absolute atomic E-state index is 13.6. The van der Waals surface area contributed by atoms with E-state index in [1.165, 1.54) is 4.90 Å². The van der Waals surface area contributed by atoms with Crippen molar-refractivity contribution in [1.29, 1.82) is 0 Å². The molecule has 10 nitrogen and oxygen atoms in total. The zero-order chi connectivity index (χ0) is 29.9. The zero-order valence-electron chi connectivity index (χ0n) is 24.4. The number of nitrogens with zero attached hydrogens (tertiary/aromatic N) is 4. The van der Waals surface area contributed by atoms with Gasteiger partial charge in [-0.05, 0) is 53.9 Å². The molecule has 1 fully saturated rings. The molecular formula is C33H34N4O6. The predicted octanol–water partition coefficient (Wildman–Crippen LogP) is 3.33. The lowest BCUT2D eigenvalue weighted by Crippen LogP contribution is -2.35. The van der Waals surface area contributed by atoms with Crippen LogP contribution >= 0.6 is 0 Å². The molecule has 0 unspecified atom stereocenters. The van der Waals surface area contributed by atoms with Crippen molar-refractivity contribution >= 4 is 22.7 Å². The standard InChI is InChI=1S/C33H34N4O6/c1-41-28-10-8-22(20-29(28)42-2)11-13-36-30(34-27-6-4-3-5-25(27)32(36)39)12-14-37-31(38)24-9-7-23(19-26(24)33(37)40)21-35-15-17-43-18-16-35/h3-10,19-20H,11-18,21H2,1-2H3. The number of amides is 2. The number of para-hydroxylation sites is 1. The molecule has 0 bridgehead atoms. The van der Waals surface area contributed by atoms with Crippen molar-refractivity contribution in [3.63, 3.8) is 0 Å². The maximum Gasteiger partial charge on any atom is 0.261 e. The average Bonchev–Trinajstić information content (AvgIpc) is 3.27. The van der Waals surface area contributed by atoms with Gasteiger partial charge >= 0.3 is 0 Å². The smallest absolute Gasteiger partial charge is 0.261 e. The van der Waals surface area contributed by atoms with Gasteiger partial charge in [0.05, 0.1) is 49.5 Å². The lowest BCUT2D eigenvalue weighted by atomic mass is 10.1. The van der Waals surface area contributed by atoms with Gasteiger partial charge in [-0.1, -0.05) is 24.3 Å². The van der Waals surface area contributed by atoms with E-state index in [9.17, 15) is 14.4 Å². The van der Waals surface area contributed by atoms with E-state index in [2.05, 4.69) is 4.90 Å². The number of methoxy groups -OCH3 is 2. The van der Waals surface area contributed by atoms with Crippen LogP contribution < -0.4 is 15.0 Å². The second-order valence-corrected chi connectivity index (χ2v) is 10.7. The topological polar surface area (TPSA) is 103 Å². The Hall–Kier alpha value is -4.54. The summed E-state index contributed by atoms with van der Waals surface area (Å²) < 4.78 is 17.9. The Morgan fingerprint density at radius 3 is 2.33 bits per heavy atom. The van der Waals surface area contributed by atoms with Crippen LogP contribution in [0.25, 0.3) is 10.9 Å². The number of carbonyl (C=O) groups excluding carboxylic acids is 2. The third-order valence-electron chi connectivity index (χ3n) is 8.12. The van der Waals surface area contributed by atoms with Gasteiger partial charge in [0, 0.05) is 39.1 Å². The van der Waals surface area contributed by atoms with Crippen LogP contribution in [0.15, 0.2) is 65.5 Å². The number of carbonyl (C=O) groups is 2.